The van der Waals surface area contributed by atoms with Crippen LogP contribution in [-0.2, 0) is 16.1 Å². The van der Waals surface area contributed by atoms with E-state index in [-0.39, 0.29) is 5.91 Å². The number of amides is 1. The summed E-state index contributed by atoms with van der Waals surface area (Å²) in [5, 5.41) is 8.99. The van der Waals surface area contributed by atoms with Crippen molar-refractivity contribution in [2.45, 2.75) is 19.6 Å². The zero-order valence-corrected chi connectivity index (χ0v) is 8.20. The molecule has 1 amide bonds. The monoisotopic (exact) mass is 198 g/mol. The standard InChI is InChI=1S/C8H14N4O2/c1-5(14-2)8(13)10-3-6-4-11-12-7(6)9/h4-5H,3H2,1-2H3,(H,10,13)(H3,9,11,12). The zero-order chi connectivity index (χ0) is 10.6. The SMILES string of the molecule is COC(C)C(=O)NCc1cn[nH]c1N. The Balaban J connectivity index is 2.41. The minimum Gasteiger partial charge on any atom is -0.384 e. The second kappa shape index (κ2) is 4.61. The van der Waals surface area contributed by atoms with Crippen molar-refractivity contribution in [3.8, 4) is 0 Å². The number of aromatic nitrogens is 2. The molecule has 14 heavy (non-hydrogen) atoms. The number of hydrogen-bond acceptors (Lipinski definition) is 4. The molecule has 0 fully saturated rings. The first-order chi connectivity index (χ1) is 6.65. The summed E-state index contributed by atoms with van der Waals surface area (Å²) in [5.74, 6) is 0.295. The molecular weight excluding hydrogens is 184 g/mol. The van der Waals surface area contributed by atoms with E-state index in [1.807, 2.05) is 0 Å². The molecule has 0 spiro atoms. The Hall–Kier alpha value is -1.56. The first kappa shape index (κ1) is 10.5. The van der Waals surface area contributed by atoms with Crippen LogP contribution in [-0.4, -0.2) is 29.3 Å². The molecule has 0 aliphatic heterocycles. The maximum absolute atomic E-state index is 11.3. The van der Waals surface area contributed by atoms with Crippen molar-refractivity contribution < 1.29 is 9.53 Å². The lowest BCUT2D eigenvalue weighted by atomic mass is 10.3. The van der Waals surface area contributed by atoms with E-state index in [2.05, 4.69) is 15.5 Å². The number of hydrogen-bond donors (Lipinski definition) is 3. The van der Waals surface area contributed by atoms with Gasteiger partial charge in [-0.05, 0) is 6.92 Å². The molecule has 0 saturated carbocycles. The van der Waals surface area contributed by atoms with Gasteiger partial charge < -0.3 is 15.8 Å². The molecule has 0 radical (unpaired) electrons. The molecule has 6 heteroatoms. The number of nitrogens with zero attached hydrogens (tertiary/aromatic N) is 1. The van der Waals surface area contributed by atoms with Gasteiger partial charge in [0.15, 0.2) is 0 Å². The van der Waals surface area contributed by atoms with Crippen LogP contribution in [0.1, 0.15) is 12.5 Å². The van der Waals surface area contributed by atoms with Crippen LogP contribution in [0.15, 0.2) is 6.20 Å². The lowest BCUT2D eigenvalue weighted by Gasteiger charge is -2.09. The van der Waals surface area contributed by atoms with Gasteiger partial charge in [0, 0.05) is 19.2 Å². The molecular formula is C8H14N4O2. The third kappa shape index (κ3) is 2.46. The van der Waals surface area contributed by atoms with Gasteiger partial charge in [-0.25, -0.2) is 0 Å². The molecule has 1 atom stereocenters. The summed E-state index contributed by atoms with van der Waals surface area (Å²) < 4.78 is 4.85. The molecule has 4 N–H and O–H groups in total. The number of methoxy groups -OCH3 is 1. The molecule has 78 valence electrons. The molecule has 0 aliphatic rings. The fraction of sp³-hybridized carbons (Fsp3) is 0.500. The lowest BCUT2D eigenvalue weighted by molar-refractivity contribution is -0.130. The van der Waals surface area contributed by atoms with Crippen molar-refractivity contribution in [3.63, 3.8) is 0 Å². The first-order valence-electron chi connectivity index (χ1n) is 4.23. The summed E-state index contributed by atoms with van der Waals surface area (Å²) in [7, 11) is 1.48. The van der Waals surface area contributed by atoms with Gasteiger partial charge in [0.1, 0.15) is 11.9 Å². The van der Waals surface area contributed by atoms with E-state index < -0.39 is 6.10 Å². The van der Waals surface area contributed by atoms with E-state index >= 15 is 0 Å². The molecule has 0 aliphatic carbocycles. The minimum absolute atomic E-state index is 0.173. The lowest BCUT2D eigenvalue weighted by Crippen LogP contribution is -2.33. The van der Waals surface area contributed by atoms with Gasteiger partial charge >= 0.3 is 0 Å². The van der Waals surface area contributed by atoms with Gasteiger partial charge in [0.2, 0.25) is 5.91 Å². The number of carbonyl (C=O) groups is 1. The van der Waals surface area contributed by atoms with Gasteiger partial charge in [-0.3, -0.25) is 9.89 Å². The Morgan fingerprint density at radius 3 is 3.07 bits per heavy atom. The average molecular weight is 198 g/mol. The van der Waals surface area contributed by atoms with E-state index in [9.17, 15) is 4.79 Å². The topological polar surface area (TPSA) is 93.0 Å². The number of nitrogens with one attached hydrogen (secondary N) is 2. The van der Waals surface area contributed by atoms with Crippen LogP contribution < -0.4 is 11.1 Å². The van der Waals surface area contributed by atoms with Crippen LogP contribution in [0.2, 0.25) is 0 Å². The molecule has 1 heterocycles. The Kier molecular flexibility index (Phi) is 3.47. The third-order valence-corrected chi connectivity index (χ3v) is 1.93. The van der Waals surface area contributed by atoms with Crippen LogP contribution in [0.5, 0.6) is 0 Å². The quantitative estimate of drug-likeness (QED) is 0.616. The van der Waals surface area contributed by atoms with E-state index in [1.54, 1.807) is 13.1 Å². The highest BCUT2D eigenvalue weighted by atomic mass is 16.5. The number of anilines is 1. The molecule has 1 aromatic heterocycles. The molecule has 0 bridgehead atoms. The summed E-state index contributed by atoms with van der Waals surface area (Å²) in [6.45, 7) is 2.03. The third-order valence-electron chi connectivity index (χ3n) is 1.93. The molecule has 1 rings (SSSR count). The summed E-state index contributed by atoms with van der Waals surface area (Å²) >= 11 is 0. The Bertz CT molecular complexity index is 310. The maximum Gasteiger partial charge on any atom is 0.249 e. The molecule has 1 aromatic rings. The second-order valence-corrected chi connectivity index (χ2v) is 2.90. The van der Waals surface area contributed by atoms with Gasteiger partial charge in [-0.15, -0.1) is 0 Å². The number of H-pyrrole nitrogens is 1. The fourth-order valence-corrected chi connectivity index (χ4v) is 0.895. The molecule has 6 nitrogen and oxygen atoms in total. The van der Waals surface area contributed by atoms with Crippen LogP contribution >= 0.6 is 0 Å². The summed E-state index contributed by atoms with van der Waals surface area (Å²) in [6, 6.07) is 0. The number of aromatic amines is 1. The van der Waals surface area contributed by atoms with Gasteiger partial charge in [-0.1, -0.05) is 0 Å². The van der Waals surface area contributed by atoms with E-state index in [1.165, 1.54) is 7.11 Å². The van der Waals surface area contributed by atoms with E-state index in [0.29, 0.717) is 12.4 Å². The fourth-order valence-electron chi connectivity index (χ4n) is 0.895. The highest BCUT2D eigenvalue weighted by Crippen LogP contribution is 2.04. The van der Waals surface area contributed by atoms with Crippen molar-refractivity contribution in [3.05, 3.63) is 11.8 Å². The molecule has 0 aromatic carbocycles. The largest absolute Gasteiger partial charge is 0.384 e. The smallest absolute Gasteiger partial charge is 0.249 e. The highest BCUT2D eigenvalue weighted by Gasteiger charge is 2.11. The van der Waals surface area contributed by atoms with Crippen molar-refractivity contribution in [2.75, 3.05) is 12.8 Å². The number of rotatable bonds is 4. The summed E-state index contributed by atoms with van der Waals surface area (Å²) in [6.07, 6.45) is 1.12. The van der Waals surface area contributed by atoms with Gasteiger partial charge in [0.05, 0.1) is 6.20 Å². The molecule has 0 saturated heterocycles. The zero-order valence-electron chi connectivity index (χ0n) is 8.20. The summed E-state index contributed by atoms with van der Waals surface area (Å²) in [5.41, 5.74) is 6.30. The number of nitrogens with two attached hydrogens (primary N) is 1. The summed E-state index contributed by atoms with van der Waals surface area (Å²) in [4.78, 5) is 11.3. The number of carbonyl (C=O) groups excluding carboxylic acids is 1. The predicted molar refractivity (Wildman–Crippen MR) is 51.3 cm³/mol. The van der Waals surface area contributed by atoms with Crippen molar-refractivity contribution in [1.82, 2.24) is 15.5 Å². The second-order valence-electron chi connectivity index (χ2n) is 2.90. The maximum atomic E-state index is 11.3. The number of ether oxygens (including phenoxy) is 1. The average Bonchev–Trinajstić information content (AvgIpc) is 2.59. The Morgan fingerprint density at radius 1 is 1.86 bits per heavy atom. The van der Waals surface area contributed by atoms with Crippen molar-refractivity contribution in [1.29, 1.82) is 0 Å². The Morgan fingerprint density at radius 2 is 2.57 bits per heavy atom. The molecule has 1 unspecified atom stereocenters. The minimum atomic E-state index is -0.455. The van der Waals surface area contributed by atoms with Crippen LogP contribution in [0.25, 0.3) is 0 Å². The van der Waals surface area contributed by atoms with Crippen LogP contribution in [0.4, 0.5) is 5.82 Å². The van der Waals surface area contributed by atoms with E-state index in [4.69, 9.17) is 10.5 Å². The Labute approximate surface area is 81.8 Å². The van der Waals surface area contributed by atoms with Crippen molar-refractivity contribution >= 4 is 11.7 Å². The van der Waals surface area contributed by atoms with E-state index in [0.717, 1.165) is 5.56 Å². The normalized spacial score (nSPS) is 12.4. The first-order valence-corrected chi connectivity index (χ1v) is 4.23. The highest BCUT2D eigenvalue weighted by molar-refractivity contribution is 5.80. The number of nitrogen functional groups attached to an aromatic ring is 1. The predicted octanol–water partition coefficient (Wildman–Crippen LogP) is -0.357. The van der Waals surface area contributed by atoms with Gasteiger partial charge in [0.25, 0.3) is 0 Å². The van der Waals surface area contributed by atoms with Gasteiger partial charge in [-0.2, -0.15) is 5.10 Å². The van der Waals surface area contributed by atoms with Crippen LogP contribution in [0.3, 0.4) is 0 Å². The van der Waals surface area contributed by atoms with Crippen LogP contribution in [0, 0.1) is 0 Å². The van der Waals surface area contributed by atoms with Crippen molar-refractivity contribution in [2.24, 2.45) is 0 Å².